The molecule has 5 nitrogen and oxygen atoms in total. The molecule has 1 aliphatic rings. The topological polar surface area (TPSA) is 64.3 Å². The third kappa shape index (κ3) is 3.75. The molecule has 3 aromatic rings. The van der Waals surface area contributed by atoms with E-state index in [1.54, 1.807) is 22.7 Å². The van der Waals surface area contributed by atoms with Crippen LogP contribution in [0.4, 0.5) is 5.82 Å². The summed E-state index contributed by atoms with van der Waals surface area (Å²) in [5, 5.41) is 2.99. The molecular weight excluding hydrogens is 340 g/mol. The summed E-state index contributed by atoms with van der Waals surface area (Å²) >= 11 is 3.34. The lowest BCUT2D eigenvalue weighted by Gasteiger charge is -2.25. The van der Waals surface area contributed by atoms with Crippen molar-refractivity contribution in [2.45, 2.75) is 20.4 Å². The molecule has 0 aliphatic carbocycles. The molecule has 24 heavy (non-hydrogen) atoms. The standard InChI is InChI=1S/C15H16N4OS2.C2H6/c16-13-11-8-10(9-19-3-5-20-6-4-19)22-15(11)18-14(17-13)12-2-1-7-21-12;1-2/h1-2,7-8H,3-6,9H2,(H2,16,17,18);1-2H3. The predicted molar refractivity (Wildman–Crippen MR) is 103 cm³/mol. The van der Waals surface area contributed by atoms with Crippen LogP contribution in [-0.4, -0.2) is 41.2 Å². The highest BCUT2D eigenvalue weighted by atomic mass is 32.1. The van der Waals surface area contributed by atoms with Crippen molar-refractivity contribution in [3.8, 4) is 10.7 Å². The van der Waals surface area contributed by atoms with Crippen LogP contribution < -0.4 is 5.73 Å². The van der Waals surface area contributed by atoms with Gasteiger partial charge in [0.1, 0.15) is 10.6 Å². The van der Waals surface area contributed by atoms with Gasteiger partial charge in [-0.2, -0.15) is 0 Å². The Kier molecular flexibility index (Phi) is 5.78. The Labute approximate surface area is 150 Å². The minimum atomic E-state index is 0.567. The number of morpholine rings is 1. The molecule has 0 spiro atoms. The molecule has 1 fully saturated rings. The fourth-order valence-corrected chi connectivity index (χ4v) is 4.30. The van der Waals surface area contributed by atoms with E-state index in [0.29, 0.717) is 5.82 Å². The molecule has 2 N–H and O–H groups in total. The molecule has 7 heteroatoms. The molecule has 128 valence electrons. The number of nitrogen functional groups attached to an aromatic ring is 1. The number of fused-ring (bicyclic) bond motifs is 1. The molecular formula is C17H22N4OS2. The zero-order chi connectivity index (χ0) is 16.9. The molecule has 0 saturated carbocycles. The second-order valence-corrected chi connectivity index (χ2v) is 7.29. The van der Waals surface area contributed by atoms with Crippen LogP contribution in [0.25, 0.3) is 20.9 Å². The highest BCUT2D eigenvalue weighted by Crippen LogP contribution is 2.31. The van der Waals surface area contributed by atoms with Gasteiger partial charge in [0.05, 0.1) is 23.5 Å². The lowest BCUT2D eigenvalue weighted by Crippen LogP contribution is -2.35. The van der Waals surface area contributed by atoms with Crippen molar-refractivity contribution < 1.29 is 4.74 Å². The Morgan fingerprint density at radius 1 is 1.25 bits per heavy atom. The van der Waals surface area contributed by atoms with E-state index in [1.807, 2.05) is 31.4 Å². The Bertz CT molecular complexity index is 779. The van der Waals surface area contributed by atoms with Crippen LogP contribution in [0.15, 0.2) is 23.6 Å². The molecule has 4 rings (SSSR count). The van der Waals surface area contributed by atoms with Crippen LogP contribution in [0, 0.1) is 0 Å². The molecule has 1 aliphatic heterocycles. The average molecular weight is 363 g/mol. The zero-order valence-electron chi connectivity index (χ0n) is 14.0. The number of nitrogens with zero attached hydrogens (tertiary/aromatic N) is 3. The Morgan fingerprint density at radius 3 is 2.75 bits per heavy atom. The maximum Gasteiger partial charge on any atom is 0.173 e. The zero-order valence-corrected chi connectivity index (χ0v) is 15.6. The monoisotopic (exact) mass is 362 g/mol. The van der Waals surface area contributed by atoms with Crippen LogP contribution in [0.5, 0.6) is 0 Å². The first kappa shape index (κ1) is 17.3. The van der Waals surface area contributed by atoms with Gasteiger partial charge in [-0.25, -0.2) is 9.97 Å². The fourth-order valence-electron chi connectivity index (χ4n) is 2.57. The van der Waals surface area contributed by atoms with Crippen molar-refractivity contribution in [3.63, 3.8) is 0 Å². The summed E-state index contributed by atoms with van der Waals surface area (Å²) in [4.78, 5) is 14.8. The van der Waals surface area contributed by atoms with Gasteiger partial charge < -0.3 is 10.5 Å². The smallest absolute Gasteiger partial charge is 0.173 e. The first-order valence-electron chi connectivity index (χ1n) is 8.19. The largest absolute Gasteiger partial charge is 0.383 e. The van der Waals surface area contributed by atoms with Gasteiger partial charge in [-0.1, -0.05) is 19.9 Å². The molecule has 0 atom stereocenters. The SMILES string of the molecule is CC.Nc1nc(-c2cccs2)nc2sc(CN3CCOCC3)cc12. The second kappa shape index (κ2) is 8.02. The van der Waals surface area contributed by atoms with Crippen molar-refractivity contribution in [2.75, 3.05) is 32.0 Å². The van der Waals surface area contributed by atoms with E-state index in [1.165, 1.54) is 4.88 Å². The number of rotatable bonds is 3. The van der Waals surface area contributed by atoms with Crippen molar-refractivity contribution in [1.29, 1.82) is 0 Å². The van der Waals surface area contributed by atoms with E-state index < -0.39 is 0 Å². The molecule has 0 aromatic carbocycles. The average Bonchev–Trinajstić information content (AvgIpc) is 3.27. The van der Waals surface area contributed by atoms with E-state index in [4.69, 9.17) is 10.5 Å². The van der Waals surface area contributed by atoms with E-state index in [-0.39, 0.29) is 0 Å². The first-order valence-corrected chi connectivity index (χ1v) is 9.89. The number of nitrogens with two attached hydrogens (primary N) is 1. The van der Waals surface area contributed by atoms with Crippen LogP contribution in [0.2, 0.25) is 0 Å². The lowest BCUT2D eigenvalue weighted by atomic mass is 10.3. The van der Waals surface area contributed by atoms with E-state index in [0.717, 1.165) is 53.8 Å². The fraction of sp³-hybridized carbons (Fsp3) is 0.412. The van der Waals surface area contributed by atoms with Gasteiger partial charge in [0, 0.05) is 24.5 Å². The van der Waals surface area contributed by atoms with E-state index >= 15 is 0 Å². The maximum atomic E-state index is 6.14. The van der Waals surface area contributed by atoms with Crippen molar-refractivity contribution >= 4 is 38.7 Å². The second-order valence-electron chi connectivity index (χ2n) is 5.23. The summed E-state index contributed by atoms with van der Waals surface area (Å²) < 4.78 is 5.39. The lowest BCUT2D eigenvalue weighted by molar-refractivity contribution is 0.0346. The van der Waals surface area contributed by atoms with Gasteiger partial charge in [-0.15, -0.1) is 22.7 Å². The van der Waals surface area contributed by atoms with Crippen molar-refractivity contribution in [3.05, 3.63) is 28.5 Å². The van der Waals surface area contributed by atoms with Crippen molar-refractivity contribution in [2.24, 2.45) is 0 Å². The molecule has 1 saturated heterocycles. The molecule has 0 radical (unpaired) electrons. The predicted octanol–water partition coefficient (Wildman–Crippen LogP) is 3.86. The van der Waals surface area contributed by atoms with Crippen LogP contribution >= 0.6 is 22.7 Å². The van der Waals surface area contributed by atoms with E-state index in [9.17, 15) is 0 Å². The number of anilines is 1. The molecule has 0 amide bonds. The normalized spacial score (nSPS) is 15.2. The first-order chi connectivity index (χ1) is 11.8. The molecule has 0 unspecified atom stereocenters. The number of ether oxygens (including phenoxy) is 1. The van der Waals surface area contributed by atoms with Gasteiger partial charge in [0.15, 0.2) is 5.82 Å². The summed E-state index contributed by atoms with van der Waals surface area (Å²) in [5.74, 6) is 1.29. The molecule has 4 heterocycles. The third-order valence-electron chi connectivity index (χ3n) is 3.70. The van der Waals surface area contributed by atoms with Gasteiger partial charge in [0.25, 0.3) is 0 Å². The summed E-state index contributed by atoms with van der Waals surface area (Å²) in [6, 6.07) is 6.15. The molecule has 3 aromatic heterocycles. The van der Waals surface area contributed by atoms with Gasteiger partial charge in [0.2, 0.25) is 0 Å². The van der Waals surface area contributed by atoms with Gasteiger partial charge in [-0.05, 0) is 17.5 Å². The van der Waals surface area contributed by atoms with Gasteiger partial charge in [-0.3, -0.25) is 4.90 Å². The minimum absolute atomic E-state index is 0.567. The van der Waals surface area contributed by atoms with Gasteiger partial charge >= 0.3 is 0 Å². The highest BCUT2D eigenvalue weighted by Gasteiger charge is 2.15. The summed E-state index contributed by atoms with van der Waals surface area (Å²) in [6.07, 6.45) is 0. The summed E-state index contributed by atoms with van der Waals surface area (Å²) in [6.45, 7) is 8.52. The Hall–Kier alpha value is -1.54. The van der Waals surface area contributed by atoms with Crippen LogP contribution in [0.1, 0.15) is 18.7 Å². The molecule has 0 bridgehead atoms. The Morgan fingerprint density at radius 2 is 2.04 bits per heavy atom. The maximum absolute atomic E-state index is 6.14. The third-order valence-corrected chi connectivity index (χ3v) is 5.58. The number of hydrogen-bond acceptors (Lipinski definition) is 7. The summed E-state index contributed by atoms with van der Waals surface area (Å²) in [5.41, 5.74) is 6.14. The van der Waals surface area contributed by atoms with E-state index in [2.05, 4.69) is 20.9 Å². The van der Waals surface area contributed by atoms with Crippen LogP contribution in [0.3, 0.4) is 0 Å². The number of hydrogen-bond donors (Lipinski definition) is 1. The van der Waals surface area contributed by atoms with Crippen LogP contribution in [-0.2, 0) is 11.3 Å². The quantitative estimate of drug-likeness (QED) is 0.766. The number of thiophene rings is 2. The number of aromatic nitrogens is 2. The Balaban J connectivity index is 0.000000815. The summed E-state index contributed by atoms with van der Waals surface area (Å²) in [7, 11) is 0. The highest BCUT2D eigenvalue weighted by molar-refractivity contribution is 7.18. The van der Waals surface area contributed by atoms with Crippen molar-refractivity contribution in [1.82, 2.24) is 14.9 Å². The minimum Gasteiger partial charge on any atom is -0.383 e.